The van der Waals surface area contributed by atoms with E-state index in [2.05, 4.69) is 15.9 Å². The molecule has 0 heterocycles. The van der Waals surface area contributed by atoms with Gasteiger partial charge in [0.25, 0.3) is 0 Å². The predicted octanol–water partition coefficient (Wildman–Crippen LogP) is 2.72. The molecule has 0 aliphatic heterocycles. The maximum atomic E-state index is 5.71. The standard InChI is InChI=1S/C13H20BrNO3/c1-3-17-5-4-6-18-13-11(14)7-10(9-15)8-12(13)16-2/h7-8H,3-6,9,15H2,1-2H3. The van der Waals surface area contributed by atoms with Gasteiger partial charge in [0.1, 0.15) is 0 Å². The van der Waals surface area contributed by atoms with Crippen LogP contribution in [0.15, 0.2) is 16.6 Å². The third-order valence-corrected chi connectivity index (χ3v) is 3.00. The average molecular weight is 318 g/mol. The van der Waals surface area contributed by atoms with Crippen LogP contribution >= 0.6 is 15.9 Å². The lowest BCUT2D eigenvalue weighted by Crippen LogP contribution is -2.05. The molecule has 0 unspecified atom stereocenters. The second kappa shape index (κ2) is 8.34. The lowest BCUT2D eigenvalue weighted by atomic mass is 10.2. The van der Waals surface area contributed by atoms with E-state index in [1.54, 1.807) is 7.11 Å². The van der Waals surface area contributed by atoms with Crippen molar-refractivity contribution < 1.29 is 14.2 Å². The Balaban J connectivity index is 2.63. The molecule has 0 fully saturated rings. The van der Waals surface area contributed by atoms with E-state index in [-0.39, 0.29) is 0 Å². The van der Waals surface area contributed by atoms with Crippen molar-refractivity contribution in [3.05, 3.63) is 22.2 Å². The van der Waals surface area contributed by atoms with Gasteiger partial charge in [0.15, 0.2) is 11.5 Å². The fourth-order valence-corrected chi connectivity index (χ4v) is 2.11. The average Bonchev–Trinajstić information content (AvgIpc) is 2.39. The van der Waals surface area contributed by atoms with Crippen molar-refractivity contribution in [2.75, 3.05) is 26.9 Å². The summed E-state index contributed by atoms with van der Waals surface area (Å²) in [7, 11) is 1.62. The molecule has 0 aliphatic carbocycles. The summed E-state index contributed by atoms with van der Waals surface area (Å²) in [5, 5.41) is 0. The summed E-state index contributed by atoms with van der Waals surface area (Å²) in [6.07, 6.45) is 0.849. The number of methoxy groups -OCH3 is 1. The van der Waals surface area contributed by atoms with Crippen molar-refractivity contribution in [1.29, 1.82) is 0 Å². The van der Waals surface area contributed by atoms with Crippen LogP contribution in [0.5, 0.6) is 11.5 Å². The number of halogens is 1. The first-order valence-electron chi connectivity index (χ1n) is 6.00. The van der Waals surface area contributed by atoms with Crippen LogP contribution in [0.1, 0.15) is 18.9 Å². The summed E-state index contributed by atoms with van der Waals surface area (Å²) in [5.74, 6) is 1.41. The zero-order chi connectivity index (χ0) is 13.4. The molecule has 2 N–H and O–H groups in total. The molecule has 0 saturated carbocycles. The maximum Gasteiger partial charge on any atom is 0.175 e. The van der Waals surface area contributed by atoms with Gasteiger partial charge < -0.3 is 19.9 Å². The first kappa shape index (κ1) is 15.3. The molecule has 4 nitrogen and oxygen atoms in total. The second-order valence-electron chi connectivity index (χ2n) is 3.71. The van der Waals surface area contributed by atoms with Gasteiger partial charge in [-0.25, -0.2) is 0 Å². The van der Waals surface area contributed by atoms with E-state index < -0.39 is 0 Å². The van der Waals surface area contributed by atoms with Gasteiger partial charge in [0.2, 0.25) is 0 Å². The maximum absolute atomic E-state index is 5.71. The van der Waals surface area contributed by atoms with Crippen LogP contribution in [0.4, 0.5) is 0 Å². The molecular weight excluding hydrogens is 298 g/mol. The highest BCUT2D eigenvalue weighted by molar-refractivity contribution is 9.10. The van der Waals surface area contributed by atoms with E-state index in [4.69, 9.17) is 19.9 Å². The minimum Gasteiger partial charge on any atom is -0.493 e. The number of hydrogen-bond acceptors (Lipinski definition) is 4. The number of nitrogens with two attached hydrogens (primary N) is 1. The predicted molar refractivity (Wildman–Crippen MR) is 75.2 cm³/mol. The van der Waals surface area contributed by atoms with Gasteiger partial charge in [-0.2, -0.15) is 0 Å². The van der Waals surface area contributed by atoms with Crippen LogP contribution in [-0.4, -0.2) is 26.9 Å². The summed E-state index contributed by atoms with van der Waals surface area (Å²) in [6.45, 7) is 4.48. The Morgan fingerprint density at radius 2 is 2.06 bits per heavy atom. The van der Waals surface area contributed by atoms with E-state index in [0.29, 0.717) is 31.3 Å². The monoisotopic (exact) mass is 317 g/mol. The van der Waals surface area contributed by atoms with Crippen LogP contribution in [0.2, 0.25) is 0 Å². The van der Waals surface area contributed by atoms with Crippen molar-refractivity contribution in [2.45, 2.75) is 19.9 Å². The van der Waals surface area contributed by atoms with Gasteiger partial charge in [0.05, 0.1) is 18.2 Å². The quantitative estimate of drug-likeness (QED) is 0.749. The van der Waals surface area contributed by atoms with E-state index in [1.165, 1.54) is 0 Å². The number of benzene rings is 1. The van der Waals surface area contributed by atoms with Crippen LogP contribution in [0, 0.1) is 0 Å². The number of ether oxygens (including phenoxy) is 3. The van der Waals surface area contributed by atoms with Crippen LogP contribution in [0.25, 0.3) is 0 Å². The van der Waals surface area contributed by atoms with E-state index in [1.807, 2.05) is 19.1 Å². The Kier molecular flexibility index (Phi) is 7.08. The molecule has 0 radical (unpaired) electrons. The summed E-state index contributed by atoms with van der Waals surface area (Å²) >= 11 is 3.47. The third-order valence-electron chi connectivity index (χ3n) is 2.41. The minimum atomic E-state index is 0.472. The Labute approximate surface area is 117 Å². The summed E-state index contributed by atoms with van der Waals surface area (Å²) in [4.78, 5) is 0. The molecule has 0 atom stereocenters. The molecule has 1 aromatic rings. The molecular formula is C13H20BrNO3. The van der Waals surface area contributed by atoms with Gasteiger partial charge in [-0.15, -0.1) is 0 Å². The Morgan fingerprint density at radius 3 is 2.67 bits per heavy atom. The zero-order valence-corrected chi connectivity index (χ0v) is 12.5. The smallest absolute Gasteiger partial charge is 0.175 e. The normalized spacial score (nSPS) is 10.4. The van der Waals surface area contributed by atoms with Crippen LogP contribution in [-0.2, 0) is 11.3 Å². The number of rotatable bonds is 8. The van der Waals surface area contributed by atoms with E-state index in [0.717, 1.165) is 23.1 Å². The van der Waals surface area contributed by atoms with Gasteiger partial charge in [0, 0.05) is 26.2 Å². The first-order valence-corrected chi connectivity index (χ1v) is 6.79. The molecule has 0 saturated heterocycles. The van der Waals surface area contributed by atoms with Gasteiger partial charge in [-0.3, -0.25) is 0 Å². The first-order chi connectivity index (χ1) is 8.72. The van der Waals surface area contributed by atoms with Gasteiger partial charge in [-0.1, -0.05) is 0 Å². The molecule has 18 heavy (non-hydrogen) atoms. The molecule has 0 spiro atoms. The Morgan fingerprint density at radius 1 is 1.28 bits per heavy atom. The highest BCUT2D eigenvalue weighted by atomic mass is 79.9. The van der Waals surface area contributed by atoms with Crippen molar-refractivity contribution in [2.24, 2.45) is 5.73 Å². The van der Waals surface area contributed by atoms with Crippen molar-refractivity contribution in [1.82, 2.24) is 0 Å². The van der Waals surface area contributed by atoms with Gasteiger partial charge in [-0.05, 0) is 40.5 Å². The highest BCUT2D eigenvalue weighted by Crippen LogP contribution is 2.36. The Hall–Kier alpha value is -0.780. The second-order valence-corrected chi connectivity index (χ2v) is 4.57. The zero-order valence-electron chi connectivity index (χ0n) is 10.9. The van der Waals surface area contributed by atoms with Crippen molar-refractivity contribution >= 4 is 15.9 Å². The minimum absolute atomic E-state index is 0.472. The summed E-state index contributed by atoms with van der Waals surface area (Å²) < 4.78 is 17.1. The van der Waals surface area contributed by atoms with Crippen LogP contribution in [0.3, 0.4) is 0 Å². The Bertz CT molecular complexity index is 371. The molecule has 5 heteroatoms. The lowest BCUT2D eigenvalue weighted by molar-refractivity contribution is 0.130. The molecule has 0 bridgehead atoms. The molecule has 0 aliphatic rings. The van der Waals surface area contributed by atoms with Crippen molar-refractivity contribution in [3.8, 4) is 11.5 Å². The SMILES string of the molecule is CCOCCCOc1c(Br)cc(CN)cc1OC. The highest BCUT2D eigenvalue weighted by Gasteiger charge is 2.11. The van der Waals surface area contributed by atoms with Crippen molar-refractivity contribution in [3.63, 3.8) is 0 Å². The number of hydrogen-bond donors (Lipinski definition) is 1. The summed E-state index contributed by atoms with van der Waals surface area (Å²) in [6, 6.07) is 3.84. The molecule has 1 rings (SSSR count). The topological polar surface area (TPSA) is 53.7 Å². The van der Waals surface area contributed by atoms with E-state index >= 15 is 0 Å². The molecule has 0 aromatic heterocycles. The molecule has 102 valence electrons. The largest absolute Gasteiger partial charge is 0.493 e. The van der Waals surface area contributed by atoms with E-state index in [9.17, 15) is 0 Å². The summed E-state index contributed by atoms with van der Waals surface area (Å²) in [5.41, 5.74) is 6.61. The lowest BCUT2D eigenvalue weighted by Gasteiger charge is -2.14. The molecule has 0 amide bonds. The fourth-order valence-electron chi connectivity index (χ4n) is 1.51. The fraction of sp³-hybridized carbons (Fsp3) is 0.538. The van der Waals surface area contributed by atoms with Gasteiger partial charge >= 0.3 is 0 Å². The molecule has 1 aromatic carbocycles. The third kappa shape index (κ3) is 4.48. The van der Waals surface area contributed by atoms with Crippen LogP contribution < -0.4 is 15.2 Å².